The van der Waals surface area contributed by atoms with Crippen molar-refractivity contribution < 1.29 is 9.90 Å². The number of halogens is 1. The van der Waals surface area contributed by atoms with Crippen molar-refractivity contribution in [1.82, 2.24) is 4.90 Å². The molecule has 5 heteroatoms. The molecule has 1 atom stereocenters. The van der Waals surface area contributed by atoms with E-state index in [1.54, 1.807) is 4.90 Å². The van der Waals surface area contributed by atoms with Crippen molar-refractivity contribution >= 4 is 29.3 Å². The van der Waals surface area contributed by atoms with Gasteiger partial charge in [-0.05, 0) is 17.7 Å². The van der Waals surface area contributed by atoms with E-state index in [2.05, 4.69) is 0 Å². The van der Waals surface area contributed by atoms with Gasteiger partial charge in [0.1, 0.15) is 6.61 Å². The average molecular weight is 272 g/mol. The van der Waals surface area contributed by atoms with Crippen molar-refractivity contribution in [2.45, 2.75) is 6.04 Å². The van der Waals surface area contributed by atoms with Gasteiger partial charge in [-0.2, -0.15) is 11.8 Å². The van der Waals surface area contributed by atoms with Crippen LogP contribution in [0.4, 0.5) is 0 Å². The second-order valence-corrected chi connectivity index (χ2v) is 5.47. The fourth-order valence-corrected chi connectivity index (χ4v) is 3.17. The summed E-state index contributed by atoms with van der Waals surface area (Å²) in [5, 5.41) is 9.67. The van der Waals surface area contributed by atoms with E-state index in [4.69, 9.17) is 16.7 Å². The third-order valence-electron chi connectivity index (χ3n) is 2.84. The molecule has 1 aromatic rings. The SMILES string of the molecule is O=C(CO)N1CCSCC1c1ccc(Cl)cc1. The summed E-state index contributed by atoms with van der Waals surface area (Å²) < 4.78 is 0. The smallest absolute Gasteiger partial charge is 0.248 e. The van der Waals surface area contributed by atoms with Crippen molar-refractivity contribution in [1.29, 1.82) is 0 Å². The van der Waals surface area contributed by atoms with E-state index < -0.39 is 6.61 Å². The average Bonchev–Trinajstić information content (AvgIpc) is 2.39. The summed E-state index contributed by atoms with van der Waals surface area (Å²) in [5.41, 5.74) is 1.07. The van der Waals surface area contributed by atoms with Crippen LogP contribution < -0.4 is 0 Å². The Kier molecular flexibility index (Phi) is 4.31. The standard InChI is InChI=1S/C12H14ClNO2S/c13-10-3-1-9(2-4-10)11-8-17-6-5-14(11)12(16)7-15/h1-4,11,15H,5-8H2. The lowest BCUT2D eigenvalue weighted by Crippen LogP contribution is -2.42. The third kappa shape index (κ3) is 2.94. The molecule has 1 aliphatic rings. The first-order valence-corrected chi connectivity index (χ1v) is 6.99. The predicted molar refractivity (Wildman–Crippen MR) is 70.3 cm³/mol. The summed E-state index contributed by atoms with van der Waals surface area (Å²) in [6.45, 7) is 0.270. The van der Waals surface area contributed by atoms with E-state index in [0.717, 1.165) is 17.1 Å². The Hall–Kier alpha value is -0.710. The van der Waals surface area contributed by atoms with E-state index in [1.165, 1.54) is 0 Å². The van der Waals surface area contributed by atoms with Gasteiger partial charge in [0.15, 0.2) is 0 Å². The predicted octanol–water partition coefficient (Wildman–Crippen LogP) is 1.95. The van der Waals surface area contributed by atoms with Crippen molar-refractivity contribution in [3.8, 4) is 0 Å². The monoisotopic (exact) mass is 271 g/mol. The van der Waals surface area contributed by atoms with Gasteiger partial charge in [0.2, 0.25) is 5.91 Å². The third-order valence-corrected chi connectivity index (χ3v) is 4.11. The Bertz CT molecular complexity index is 396. The van der Waals surface area contributed by atoms with Crippen molar-refractivity contribution in [3.05, 3.63) is 34.9 Å². The Balaban J connectivity index is 2.21. The second-order valence-electron chi connectivity index (χ2n) is 3.89. The summed E-state index contributed by atoms with van der Waals surface area (Å²) in [4.78, 5) is 13.4. The zero-order valence-corrected chi connectivity index (χ0v) is 10.9. The highest BCUT2D eigenvalue weighted by atomic mass is 35.5. The molecule has 1 N–H and O–H groups in total. The van der Waals surface area contributed by atoms with E-state index in [0.29, 0.717) is 11.6 Å². The zero-order valence-electron chi connectivity index (χ0n) is 9.30. The molecule has 3 nitrogen and oxygen atoms in total. The van der Waals surface area contributed by atoms with Crippen LogP contribution in [0.1, 0.15) is 11.6 Å². The number of rotatable bonds is 2. The zero-order chi connectivity index (χ0) is 12.3. The molecule has 0 radical (unpaired) electrons. The number of aliphatic hydroxyl groups excluding tert-OH is 1. The minimum atomic E-state index is -0.422. The fourth-order valence-electron chi connectivity index (χ4n) is 1.95. The van der Waals surface area contributed by atoms with Gasteiger partial charge >= 0.3 is 0 Å². The molecule has 1 unspecified atom stereocenters. The van der Waals surface area contributed by atoms with Crippen LogP contribution in [0.5, 0.6) is 0 Å². The van der Waals surface area contributed by atoms with Crippen LogP contribution in [-0.4, -0.2) is 40.6 Å². The van der Waals surface area contributed by atoms with E-state index >= 15 is 0 Å². The van der Waals surface area contributed by atoms with Gasteiger partial charge in [-0.1, -0.05) is 23.7 Å². The Labute approximate surface area is 110 Å². The molecule has 1 aliphatic heterocycles. The molecule has 17 heavy (non-hydrogen) atoms. The van der Waals surface area contributed by atoms with E-state index in [9.17, 15) is 4.79 Å². The van der Waals surface area contributed by atoms with Gasteiger partial charge in [-0.15, -0.1) is 0 Å². The molecule has 0 saturated carbocycles. The second kappa shape index (κ2) is 5.76. The molecule has 0 bridgehead atoms. The molecular weight excluding hydrogens is 258 g/mol. The van der Waals surface area contributed by atoms with Crippen LogP contribution in [0.2, 0.25) is 5.02 Å². The minimum absolute atomic E-state index is 0.0469. The number of carbonyl (C=O) groups excluding carboxylic acids is 1. The van der Waals surface area contributed by atoms with Crippen LogP contribution in [0.3, 0.4) is 0 Å². The highest BCUT2D eigenvalue weighted by Crippen LogP contribution is 2.30. The van der Waals surface area contributed by atoms with Gasteiger partial charge in [-0.25, -0.2) is 0 Å². The van der Waals surface area contributed by atoms with Crippen LogP contribution >= 0.6 is 23.4 Å². The lowest BCUT2D eigenvalue weighted by Gasteiger charge is -2.35. The van der Waals surface area contributed by atoms with Crippen molar-refractivity contribution in [2.75, 3.05) is 24.7 Å². The summed E-state index contributed by atoms with van der Waals surface area (Å²) in [6.07, 6.45) is 0. The maximum Gasteiger partial charge on any atom is 0.248 e. The lowest BCUT2D eigenvalue weighted by atomic mass is 10.1. The van der Waals surface area contributed by atoms with E-state index in [1.807, 2.05) is 36.0 Å². The largest absolute Gasteiger partial charge is 0.387 e. The van der Waals surface area contributed by atoms with Gasteiger partial charge < -0.3 is 10.0 Å². The molecule has 2 rings (SSSR count). The lowest BCUT2D eigenvalue weighted by molar-refractivity contribution is -0.136. The normalized spacial score (nSPS) is 20.4. The van der Waals surface area contributed by atoms with Crippen molar-refractivity contribution in [2.24, 2.45) is 0 Å². The summed E-state index contributed by atoms with van der Waals surface area (Å²) >= 11 is 7.68. The number of carbonyl (C=O) groups is 1. The van der Waals surface area contributed by atoms with Gasteiger partial charge in [0.05, 0.1) is 6.04 Å². The highest BCUT2D eigenvalue weighted by molar-refractivity contribution is 7.99. The first kappa shape index (κ1) is 12.7. The number of benzene rings is 1. The van der Waals surface area contributed by atoms with Gasteiger partial charge in [-0.3, -0.25) is 4.79 Å². The molecule has 1 fully saturated rings. The number of hydrogen-bond donors (Lipinski definition) is 1. The Morgan fingerprint density at radius 2 is 2.18 bits per heavy atom. The summed E-state index contributed by atoms with van der Waals surface area (Å²) in [6, 6.07) is 7.59. The quantitative estimate of drug-likeness (QED) is 0.894. The molecule has 0 aliphatic carbocycles. The Morgan fingerprint density at radius 3 is 2.82 bits per heavy atom. The van der Waals surface area contributed by atoms with Crippen LogP contribution in [0.25, 0.3) is 0 Å². The van der Waals surface area contributed by atoms with Crippen LogP contribution in [0, 0.1) is 0 Å². The maximum atomic E-state index is 11.7. The molecule has 0 spiro atoms. The topological polar surface area (TPSA) is 40.5 Å². The molecule has 1 aromatic carbocycles. The summed E-state index contributed by atoms with van der Waals surface area (Å²) in [7, 11) is 0. The van der Waals surface area contributed by atoms with Gasteiger partial charge in [0, 0.05) is 23.1 Å². The van der Waals surface area contributed by atoms with Crippen LogP contribution in [0.15, 0.2) is 24.3 Å². The van der Waals surface area contributed by atoms with Gasteiger partial charge in [0.25, 0.3) is 0 Å². The number of aliphatic hydroxyl groups is 1. The molecule has 1 amide bonds. The number of amides is 1. The molecule has 0 aromatic heterocycles. The van der Waals surface area contributed by atoms with E-state index in [-0.39, 0.29) is 11.9 Å². The summed E-state index contributed by atoms with van der Waals surface area (Å²) in [5.74, 6) is 1.59. The Morgan fingerprint density at radius 1 is 1.47 bits per heavy atom. The number of thioether (sulfide) groups is 1. The molecule has 1 saturated heterocycles. The van der Waals surface area contributed by atoms with Crippen molar-refractivity contribution in [3.63, 3.8) is 0 Å². The first-order chi connectivity index (χ1) is 8.22. The molecule has 92 valence electrons. The number of hydrogen-bond acceptors (Lipinski definition) is 3. The van der Waals surface area contributed by atoms with Crippen LogP contribution in [-0.2, 0) is 4.79 Å². The first-order valence-electron chi connectivity index (χ1n) is 5.46. The minimum Gasteiger partial charge on any atom is -0.387 e. The molecule has 1 heterocycles. The fraction of sp³-hybridized carbons (Fsp3) is 0.417. The maximum absolute atomic E-state index is 11.7. The molecular formula is C12H14ClNO2S. The highest BCUT2D eigenvalue weighted by Gasteiger charge is 2.27. The number of nitrogens with zero attached hydrogens (tertiary/aromatic N) is 1.